The Morgan fingerprint density at radius 1 is 1.00 bits per heavy atom. The van der Waals surface area contributed by atoms with Gasteiger partial charge in [0.1, 0.15) is 5.69 Å². The van der Waals surface area contributed by atoms with E-state index in [1.165, 1.54) is 6.07 Å². The van der Waals surface area contributed by atoms with Gasteiger partial charge in [-0.3, -0.25) is 10.1 Å². The molecule has 8 heteroatoms. The van der Waals surface area contributed by atoms with Crippen molar-refractivity contribution in [1.29, 1.82) is 0 Å². The normalized spacial score (nSPS) is 15.1. The van der Waals surface area contributed by atoms with Crippen molar-refractivity contribution >= 4 is 16.7 Å². The largest absolute Gasteiger partial charge is 0.370 e. The Bertz CT molecular complexity index is 1260. The number of hydrogen-bond acceptors (Lipinski definition) is 5. The number of fused-ring (bicyclic) bond motifs is 1. The molecule has 1 fully saturated rings. The number of piperidine rings is 1. The number of rotatable bonds is 4. The third kappa shape index (κ3) is 3.82. The summed E-state index contributed by atoms with van der Waals surface area (Å²) in [5.41, 5.74) is 5.06. The fourth-order valence-electron chi connectivity index (χ4n) is 4.31. The first-order valence-electron chi connectivity index (χ1n) is 10.7. The van der Waals surface area contributed by atoms with Gasteiger partial charge in [-0.25, -0.2) is 13.8 Å². The summed E-state index contributed by atoms with van der Waals surface area (Å²) in [4.78, 5) is 14.1. The van der Waals surface area contributed by atoms with Crippen molar-refractivity contribution in [2.24, 2.45) is 0 Å². The number of nitrogens with zero attached hydrogens (tertiary/aromatic N) is 5. The van der Waals surface area contributed by atoms with E-state index in [-0.39, 0.29) is 0 Å². The fraction of sp³-hybridized carbons (Fsp3) is 0.292. The smallest absolute Gasteiger partial charge is 0.159 e. The first-order valence-corrected chi connectivity index (χ1v) is 10.7. The van der Waals surface area contributed by atoms with Crippen LogP contribution in [0, 0.1) is 11.6 Å². The lowest BCUT2D eigenvalue weighted by atomic mass is 10.0. The Morgan fingerprint density at radius 2 is 1.81 bits per heavy atom. The van der Waals surface area contributed by atoms with Crippen LogP contribution in [-0.4, -0.2) is 58.3 Å². The molecule has 164 valence electrons. The van der Waals surface area contributed by atoms with Crippen LogP contribution in [0.1, 0.15) is 12.8 Å². The van der Waals surface area contributed by atoms with Gasteiger partial charge in [-0.1, -0.05) is 0 Å². The second kappa shape index (κ2) is 8.27. The number of benzene rings is 1. The monoisotopic (exact) mass is 434 g/mol. The molecule has 0 aliphatic carbocycles. The molecule has 4 aromatic rings. The van der Waals surface area contributed by atoms with Crippen molar-refractivity contribution in [2.45, 2.75) is 18.9 Å². The van der Waals surface area contributed by atoms with Crippen molar-refractivity contribution in [1.82, 2.24) is 25.1 Å². The van der Waals surface area contributed by atoms with Crippen LogP contribution in [0.25, 0.3) is 33.5 Å². The van der Waals surface area contributed by atoms with Crippen LogP contribution in [0.5, 0.6) is 0 Å². The molecule has 1 N–H and O–H groups in total. The number of aromatic nitrogens is 4. The van der Waals surface area contributed by atoms with Gasteiger partial charge < -0.3 is 9.80 Å². The quantitative estimate of drug-likeness (QED) is 0.513. The van der Waals surface area contributed by atoms with E-state index in [1.807, 2.05) is 18.3 Å². The van der Waals surface area contributed by atoms with Crippen LogP contribution in [0.15, 0.2) is 48.8 Å². The molecule has 0 saturated carbocycles. The molecule has 0 amide bonds. The molecule has 0 atom stereocenters. The van der Waals surface area contributed by atoms with Gasteiger partial charge >= 0.3 is 0 Å². The van der Waals surface area contributed by atoms with Crippen LogP contribution in [0.2, 0.25) is 0 Å². The molecule has 0 radical (unpaired) electrons. The minimum atomic E-state index is -0.908. The molecular weight excluding hydrogens is 410 g/mol. The molecule has 0 bridgehead atoms. The van der Waals surface area contributed by atoms with Crippen molar-refractivity contribution in [3.63, 3.8) is 0 Å². The van der Waals surface area contributed by atoms with Crippen LogP contribution >= 0.6 is 0 Å². The molecule has 5 rings (SSSR count). The number of H-pyrrole nitrogens is 1. The summed E-state index contributed by atoms with van der Waals surface area (Å²) >= 11 is 0. The highest BCUT2D eigenvalue weighted by atomic mass is 19.2. The zero-order valence-corrected chi connectivity index (χ0v) is 18.0. The highest BCUT2D eigenvalue weighted by molar-refractivity contribution is 5.84. The third-order valence-electron chi connectivity index (χ3n) is 6.19. The first kappa shape index (κ1) is 20.5. The summed E-state index contributed by atoms with van der Waals surface area (Å²) in [6.45, 7) is 1.97. The Hall–Kier alpha value is -3.39. The van der Waals surface area contributed by atoms with Crippen molar-refractivity contribution in [2.75, 3.05) is 32.1 Å². The minimum absolute atomic E-state index is 0.484. The van der Waals surface area contributed by atoms with E-state index in [4.69, 9.17) is 4.98 Å². The second-order valence-electron chi connectivity index (χ2n) is 8.39. The highest BCUT2D eigenvalue weighted by Gasteiger charge is 2.21. The highest BCUT2D eigenvalue weighted by Crippen LogP contribution is 2.31. The average molecular weight is 434 g/mol. The zero-order chi connectivity index (χ0) is 22.2. The van der Waals surface area contributed by atoms with Gasteiger partial charge in [-0.2, -0.15) is 5.10 Å². The standard InChI is InChI=1S/C24H24F2N6/c1-31(2)16-7-9-32(10-8-16)17-12-23-22(27-13-17)6-5-21(29-23)18-14-28-30-24(18)15-3-4-19(25)20(26)11-15/h3-6,11-14,16H,7-10H2,1-2H3,(H,28,30). The van der Waals surface area contributed by atoms with Gasteiger partial charge in [-0.05, 0) is 63.3 Å². The third-order valence-corrected chi connectivity index (χ3v) is 6.19. The average Bonchev–Trinajstić information content (AvgIpc) is 3.30. The molecule has 32 heavy (non-hydrogen) atoms. The maximum absolute atomic E-state index is 13.8. The Balaban J connectivity index is 1.47. The predicted molar refractivity (Wildman–Crippen MR) is 121 cm³/mol. The Morgan fingerprint density at radius 3 is 2.56 bits per heavy atom. The molecule has 1 aliphatic rings. The molecule has 1 aromatic carbocycles. The van der Waals surface area contributed by atoms with Crippen LogP contribution in [-0.2, 0) is 0 Å². The second-order valence-corrected chi connectivity index (χ2v) is 8.39. The molecule has 1 saturated heterocycles. The molecule has 4 heterocycles. The number of nitrogens with one attached hydrogen (secondary N) is 1. The van der Waals surface area contributed by atoms with Crippen LogP contribution in [0.4, 0.5) is 14.5 Å². The van der Waals surface area contributed by atoms with Gasteiger partial charge in [0.25, 0.3) is 0 Å². The van der Waals surface area contributed by atoms with E-state index in [1.54, 1.807) is 6.20 Å². The van der Waals surface area contributed by atoms with E-state index >= 15 is 0 Å². The lowest BCUT2D eigenvalue weighted by Crippen LogP contribution is -2.42. The predicted octanol–water partition coefficient (Wildman–Crippen LogP) is 4.50. The van der Waals surface area contributed by atoms with Crippen LogP contribution < -0.4 is 4.90 Å². The summed E-state index contributed by atoms with van der Waals surface area (Å²) in [7, 11) is 4.27. The summed E-state index contributed by atoms with van der Waals surface area (Å²) in [6.07, 6.45) is 5.86. The SMILES string of the molecule is CN(C)C1CCN(c2cnc3ccc(-c4c[nH]nc4-c4ccc(F)c(F)c4)nc3c2)CC1. The molecule has 0 spiro atoms. The summed E-state index contributed by atoms with van der Waals surface area (Å²) in [5.74, 6) is -1.79. The summed E-state index contributed by atoms with van der Waals surface area (Å²) in [6, 6.07) is 10.2. The van der Waals surface area contributed by atoms with Gasteiger partial charge in [0, 0.05) is 36.5 Å². The van der Waals surface area contributed by atoms with Crippen molar-refractivity contribution in [3.05, 3.63) is 60.4 Å². The van der Waals surface area contributed by atoms with Crippen molar-refractivity contribution < 1.29 is 8.78 Å². The molecule has 1 aliphatic heterocycles. The van der Waals surface area contributed by atoms with E-state index in [0.29, 0.717) is 23.0 Å². The molecule has 3 aromatic heterocycles. The lowest BCUT2D eigenvalue weighted by Gasteiger charge is -2.36. The van der Waals surface area contributed by atoms with Gasteiger partial charge in [0.2, 0.25) is 0 Å². The fourth-order valence-corrected chi connectivity index (χ4v) is 4.31. The van der Waals surface area contributed by atoms with E-state index in [0.717, 1.165) is 60.3 Å². The number of anilines is 1. The van der Waals surface area contributed by atoms with Crippen molar-refractivity contribution in [3.8, 4) is 22.5 Å². The van der Waals surface area contributed by atoms with E-state index in [9.17, 15) is 8.78 Å². The van der Waals surface area contributed by atoms with Gasteiger partial charge in [0.05, 0.1) is 28.6 Å². The van der Waals surface area contributed by atoms with Gasteiger partial charge in [0.15, 0.2) is 11.6 Å². The Kier molecular flexibility index (Phi) is 5.30. The molecule has 6 nitrogen and oxygen atoms in total. The lowest BCUT2D eigenvalue weighted by molar-refractivity contribution is 0.249. The van der Waals surface area contributed by atoms with Crippen LogP contribution in [0.3, 0.4) is 0 Å². The maximum Gasteiger partial charge on any atom is 0.159 e. The Labute approximate surface area is 184 Å². The first-order chi connectivity index (χ1) is 15.5. The number of aromatic amines is 1. The minimum Gasteiger partial charge on any atom is -0.370 e. The van der Waals surface area contributed by atoms with E-state index in [2.05, 4.69) is 45.1 Å². The zero-order valence-electron chi connectivity index (χ0n) is 18.0. The topological polar surface area (TPSA) is 60.9 Å². The molecular formula is C24H24F2N6. The maximum atomic E-state index is 13.8. The molecule has 0 unspecified atom stereocenters. The number of halogens is 2. The van der Waals surface area contributed by atoms with Gasteiger partial charge in [-0.15, -0.1) is 0 Å². The van der Waals surface area contributed by atoms with E-state index < -0.39 is 11.6 Å². The number of pyridine rings is 2. The summed E-state index contributed by atoms with van der Waals surface area (Å²) in [5, 5.41) is 7.06. The number of hydrogen-bond donors (Lipinski definition) is 1. The summed E-state index contributed by atoms with van der Waals surface area (Å²) < 4.78 is 27.1.